The molecule has 22 heavy (non-hydrogen) atoms. The summed E-state index contributed by atoms with van der Waals surface area (Å²) in [7, 11) is 2.12. The van der Waals surface area contributed by atoms with Crippen LogP contribution in [0.4, 0.5) is 0 Å². The Kier molecular flexibility index (Phi) is 4.49. The van der Waals surface area contributed by atoms with Crippen LogP contribution >= 0.6 is 11.3 Å². The second-order valence-electron chi connectivity index (χ2n) is 6.37. The predicted molar refractivity (Wildman–Crippen MR) is 86.8 cm³/mol. The van der Waals surface area contributed by atoms with Gasteiger partial charge in [0, 0.05) is 38.1 Å². The van der Waals surface area contributed by atoms with Crippen molar-refractivity contribution in [2.24, 2.45) is 0 Å². The lowest BCUT2D eigenvalue weighted by molar-refractivity contribution is -0.136. The van der Waals surface area contributed by atoms with Gasteiger partial charge in [0.2, 0.25) is 11.8 Å². The highest BCUT2D eigenvalue weighted by Gasteiger charge is 2.41. The number of thiophene rings is 1. The zero-order valence-corrected chi connectivity index (χ0v) is 13.8. The zero-order chi connectivity index (χ0) is 15.6. The molecule has 0 aliphatic carbocycles. The summed E-state index contributed by atoms with van der Waals surface area (Å²) in [5, 5.41) is 7.00. The summed E-state index contributed by atoms with van der Waals surface area (Å²) in [4.78, 5) is 28.6. The minimum atomic E-state index is -0.0539. The third-order valence-corrected chi connectivity index (χ3v) is 5.75. The van der Waals surface area contributed by atoms with E-state index in [0.29, 0.717) is 19.4 Å². The molecule has 5 nitrogen and oxygen atoms in total. The normalized spacial score (nSPS) is 26.8. The SMILES string of the molecule is CN1CCN(C(=O)Cc2ccsc2)C[C@@]12CCNC(=O)CC2. The third-order valence-electron chi connectivity index (χ3n) is 5.02. The maximum atomic E-state index is 12.6. The lowest BCUT2D eigenvalue weighted by Gasteiger charge is -2.49. The Morgan fingerprint density at radius 3 is 3.05 bits per heavy atom. The molecule has 120 valence electrons. The quantitative estimate of drug-likeness (QED) is 0.888. The molecule has 2 aliphatic rings. The van der Waals surface area contributed by atoms with Gasteiger partial charge in [0.25, 0.3) is 0 Å². The van der Waals surface area contributed by atoms with Gasteiger partial charge in [0.1, 0.15) is 0 Å². The van der Waals surface area contributed by atoms with Gasteiger partial charge in [-0.3, -0.25) is 14.5 Å². The van der Waals surface area contributed by atoms with Crippen LogP contribution in [-0.2, 0) is 16.0 Å². The summed E-state index contributed by atoms with van der Waals surface area (Å²) in [6.45, 7) is 3.10. The molecule has 2 aliphatic heterocycles. The Morgan fingerprint density at radius 2 is 2.27 bits per heavy atom. The van der Waals surface area contributed by atoms with E-state index in [0.717, 1.165) is 38.0 Å². The minimum absolute atomic E-state index is 0.0539. The molecule has 2 amide bonds. The average molecular weight is 321 g/mol. The van der Waals surface area contributed by atoms with Crippen molar-refractivity contribution in [1.82, 2.24) is 15.1 Å². The largest absolute Gasteiger partial charge is 0.356 e. The highest BCUT2D eigenvalue weighted by molar-refractivity contribution is 7.07. The van der Waals surface area contributed by atoms with E-state index in [9.17, 15) is 9.59 Å². The first-order chi connectivity index (χ1) is 10.6. The zero-order valence-electron chi connectivity index (χ0n) is 13.0. The van der Waals surface area contributed by atoms with E-state index in [2.05, 4.69) is 17.3 Å². The minimum Gasteiger partial charge on any atom is -0.356 e. The van der Waals surface area contributed by atoms with Crippen LogP contribution in [0.3, 0.4) is 0 Å². The summed E-state index contributed by atoms with van der Waals surface area (Å²) in [5.41, 5.74) is 1.04. The van der Waals surface area contributed by atoms with Gasteiger partial charge in [-0.05, 0) is 42.3 Å². The fourth-order valence-electron chi connectivity index (χ4n) is 3.49. The Bertz CT molecular complexity index is 546. The van der Waals surface area contributed by atoms with Crippen LogP contribution in [0.2, 0.25) is 0 Å². The first-order valence-corrected chi connectivity index (χ1v) is 8.80. The number of likely N-dealkylation sites (N-methyl/N-ethyl adjacent to an activating group) is 1. The number of rotatable bonds is 2. The molecular weight excluding hydrogens is 298 g/mol. The first-order valence-electron chi connectivity index (χ1n) is 7.86. The molecule has 1 aromatic heterocycles. The van der Waals surface area contributed by atoms with Gasteiger partial charge in [0.15, 0.2) is 0 Å². The fraction of sp³-hybridized carbons (Fsp3) is 0.625. The molecule has 0 bridgehead atoms. The van der Waals surface area contributed by atoms with E-state index in [1.54, 1.807) is 11.3 Å². The molecule has 1 N–H and O–H groups in total. The van der Waals surface area contributed by atoms with Crippen molar-refractivity contribution in [3.8, 4) is 0 Å². The van der Waals surface area contributed by atoms with E-state index in [1.807, 2.05) is 21.7 Å². The second-order valence-corrected chi connectivity index (χ2v) is 7.15. The summed E-state index contributed by atoms with van der Waals surface area (Å²) in [6.07, 6.45) is 2.78. The van der Waals surface area contributed by atoms with E-state index < -0.39 is 0 Å². The fourth-order valence-corrected chi connectivity index (χ4v) is 4.16. The van der Waals surface area contributed by atoms with Crippen LogP contribution in [0.5, 0.6) is 0 Å². The van der Waals surface area contributed by atoms with Gasteiger partial charge in [-0.2, -0.15) is 11.3 Å². The number of hydrogen-bond acceptors (Lipinski definition) is 4. The standard InChI is InChI=1S/C16H23N3O2S/c1-18-7-8-19(15(21)10-13-3-9-22-11-13)12-16(18)4-2-14(20)17-6-5-16/h3,9,11H,2,4-8,10,12H2,1H3,(H,17,20)/t16-/m1/s1. The van der Waals surface area contributed by atoms with Crippen molar-refractivity contribution in [2.75, 3.05) is 33.2 Å². The van der Waals surface area contributed by atoms with Crippen molar-refractivity contribution in [3.63, 3.8) is 0 Å². The van der Waals surface area contributed by atoms with Crippen molar-refractivity contribution in [1.29, 1.82) is 0 Å². The van der Waals surface area contributed by atoms with Crippen LogP contribution in [-0.4, -0.2) is 60.4 Å². The number of hydrogen-bond donors (Lipinski definition) is 1. The molecular formula is C16H23N3O2S. The van der Waals surface area contributed by atoms with Crippen molar-refractivity contribution in [3.05, 3.63) is 22.4 Å². The molecule has 1 spiro atoms. The second kappa shape index (κ2) is 6.38. The summed E-state index contributed by atoms with van der Waals surface area (Å²) < 4.78 is 0. The highest BCUT2D eigenvalue weighted by atomic mass is 32.1. The molecule has 1 aromatic rings. The Balaban J connectivity index is 1.69. The number of carbonyl (C=O) groups excluding carboxylic acids is 2. The summed E-state index contributed by atoms with van der Waals surface area (Å²) in [5.74, 6) is 0.335. The third kappa shape index (κ3) is 3.17. The number of piperazine rings is 1. The number of amides is 2. The molecule has 0 unspecified atom stereocenters. The van der Waals surface area contributed by atoms with E-state index in [4.69, 9.17) is 0 Å². The highest BCUT2D eigenvalue weighted by Crippen LogP contribution is 2.30. The van der Waals surface area contributed by atoms with Gasteiger partial charge in [-0.25, -0.2) is 0 Å². The maximum absolute atomic E-state index is 12.6. The van der Waals surface area contributed by atoms with Crippen molar-refractivity contribution < 1.29 is 9.59 Å². The van der Waals surface area contributed by atoms with E-state index in [1.165, 1.54) is 0 Å². The monoisotopic (exact) mass is 321 g/mol. The number of carbonyl (C=O) groups is 2. The molecule has 2 fully saturated rings. The molecule has 0 radical (unpaired) electrons. The molecule has 6 heteroatoms. The molecule has 1 atom stereocenters. The van der Waals surface area contributed by atoms with Crippen LogP contribution in [0, 0.1) is 0 Å². The van der Waals surface area contributed by atoms with Crippen LogP contribution in [0.15, 0.2) is 16.8 Å². The number of nitrogens with zero attached hydrogens (tertiary/aromatic N) is 2. The molecule has 0 aromatic carbocycles. The molecule has 3 heterocycles. The van der Waals surface area contributed by atoms with Crippen molar-refractivity contribution in [2.45, 2.75) is 31.2 Å². The van der Waals surface area contributed by atoms with Gasteiger partial charge in [-0.15, -0.1) is 0 Å². The smallest absolute Gasteiger partial charge is 0.227 e. The first kappa shape index (κ1) is 15.5. The topological polar surface area (TPSA) is 52.6 Å². The number of nitrogens with one attached hydrogen (secondary N) is 1. The Labute approximate surface area is 135 Å². The molecule has 0 saturated carbocycles. The van der Waals surface area contributed by atoms with Gasteiger partial charge < -0.3 is 10.2 Å². The molecule has 3 rings (SSSR count). The summed E-state index contributed by atoms with van der Waals surface area (Å²) >= 11 is 1.63. The summed E-state index contributed by atoms with van der Waals surface area (Å²) in [6, 6.07) is 2.02. The van der Waals surface area contributed by atoms with Gasteiger partial charge in [-0.1, -0.05) is 0 Å². The van der Waals surface area contributed by atoms with Gasteiger partial charge in [0.05, 0.1) is 6.42 Å². The Morgan fingerprint density at radius 1 is 1.41 bits per heavy atom. The van der Waals surface area contributed by atoms with E-state index in [-0.39, 0.29) is 17.4 Å². The van der Waals surface area contributed by atoms with Crippen LogP contribution in [0.1, 0.15) is 24.8 Å². The average Bonchev–Trinajstić information content (AvgIpc) is 2.93. The predicted octanol–water partition coefficient (Wildman–Crippen LogP) is 1.10. The van der Waals surface area contributed by atoms with Crippen molar-refractivity contribution >= 4 is 23.2 Å². The van der Waals surface area contributed by atoms with Gasteiger partial charge >= 0.3 is 0 Å². The van der Waals surface area contributed by atoms with Crippen LogP contribution < -0.4 is 5.32 Å². The molecule has 2 saturated heterocycles. The Hall–Kier alpha value is -1.40. The van der Waals surface area contributed by atoms with Crippen LogP contribution in [0.25, 0.3) is 0 Å². The maximum Gasteiger partial charge on any atom is 0.227 e. The lowest BCUT2D eigenvalue weighted by Crippen LogP contribution is -2.62. The van der Waals surface area contributed by atoms with E-state index >= 15 is 0 Å². The lowest BCUT2D eigenvalue weighted by atomic mass is 9.86.